The molecule has 0 aliphatic carbocycles. The minimum atomic E-state index is -3.49. The van der Waals surface area contributed by atoms with E-state index in [1.165, 1.54) is 0 Å². The van der Waals surface area contributed by atoms with Gasteiger partial charge in [0.05, 0.1) is 43.1 Å². The molecule has 224 valence electrons. The number of hydrogen-bond acceptors (Lipinski definition) is 7. The Bertz CT molecular complexity index is 1130. The molecule has 0 bridgehead atoms. The summed E-state index contributed by atoms with van der Waals surface area (Å²) in [6.07, 6.45) is 5.68. The largest absolute Gasteiger partial charge is 0.491 e. The molecule has 7 nitrogen and oxygen atoms in total. The van der Waals surface area contributed by atoms with Gasteiger partial charge in [0.25, 0.3) is 0 Å². The molecule has 0 fully saturated rings. The van der Waals surface area contributed by atoms with Crippen LogP contribution in [0.15, 0.2) is 47.4 Å². The molecule has 0 amide bonds. The smallest absolute Gasteiger partial charge is 0.180 e. The third-order valence-electron chi connectivity index (χ3n) is 7.39. The summed E-state index contributed by atoms with van der Waals surface area (Å²) in [6.45, 7) is 7.18. The van der Waals surface area contributed by atoms with Gasteiger partial charge in [0.1, 0.15) is 12.4 Å². The van der Waals surface area contributed by atoms with Crippen molar-refractivity contribution in [3.05, 3.63) is 53.6 Å². The van der Waals surface area contributed by atoms with Crippen LogP contribution in [0, 0.1) is 0 Å². The van der Waals surface area contributed by atoms with Crippen LogP contribution in [0.4, 0.5) is 5.69 Å². The molecule has 1 aliphatic heterocycles. The van der Waals surface area contributed by atoms with E-state index in [0.717, 1.165) is 72.1 Å². The van der Waals surface area contributed by atoms with Gasteiger partial charge in [-0.05, 0) is 54.3 Å². The predicted molar refractivity (Wildman–Crippen MR) is 172 cm³/mol. The number of nitrogens with zero attached hydrogens (tertiary/aromatic N) is 1. The third-order valence-corrected chi connectivity index (χ3v) is 9.81. The summed E-state index contributed by atoms with van der Waals surface area (Å²) < 4.78 is 45.7. The van der Waals surface area contributed by atoms with Crippen LogP contribution in [0.2, 0.25) is 0 Å². The number of rotatable bonds is 17. The van der Waals surface area contributed by atoms with Gasteiger partial charge in [-0.3, -0.25) is 5.32 Å². The number of anilines is 1. The van der Waals surface area contributed by atoms with Crippen LogP contribution >= 0.6 is 22.6 Å². The summed E-state index contributed by atoms with van der Waals surface area (Å²) in [5.41, 5.74) is 2.34. The molecule has 1 N–H and O–H groups in total. The van der Waals surface area contributed by atoms with Crippen molar-refractivity contribution in [3.63, 3.8) is 0 Å². The summed E-state index contributed by atoms with van der Waals surface area (Å²) in [4.78, 5) is 2.45. The highest BCUT2D eigenvalue weighted by molar-refractivity contribution is 14.1. The van der Waals surface area contributed by atoms with Crippen molar-refractivity contribution in [2.45, 2.75) is 68.8 Å². The maximum absolute atomic E-state index is 13.9. The molecule has 1 heterocycles. The zero-order valence-electron chi connectivity index (χ0n) is 24.6. The van der Waals surface area contributed by atoms with E-state index in [1.807, 2.05) is 43.3 Å². The van der Waals surface area contributed by atoms with E-state index in [2.05, 4.69) is 53.9 Å². The number of ether oxygens (including phenoxy) is 3. The standard InChI is InChI=1S/C31H47IN2O5S/c1-5-7-15-31(16-8-6-2)24-40(35,36)29-14-11-26(34(3)4)23-28(29)30(33-31)25-9-12-27(13-10-25)39-22-21-38-20-19-37-18-17-32/h9-14,23,30,33H,5-8,15-22,24H2,1-4H3. The summed E-state index contributed by atoms with van der Waals surface area (Å²) >= 11 is 2.29. The lowest BCUT2D eigenvalue weighted by Crippen LogP contribution is -2.50. The van der Waals surface area contributed by atoms with Crippen molar-refractivity contribution < 1.29 is 22.6 Å². The predicted octanol–water partition coefficient (Wildman–Crippen LogP) is 6.19. The molecule has 1 atom stereocenters. The fourth-order valence-electron chi connectivity index (χ4n) is 5.25. The van der Waals surface area contributed by atoms with Crippen LogP contribution in [0.5, 0.6) is 5.75 Å². The van der Waals surface area contributed by atoms with Gasteiger partial charge in [-0.2, -0.15) is 0 Å². The van der Waals surface area contributed by atoms with E-state index in [9.17, 15) is 8.42 Å². The fraction of sp³-hybridized carbons (Fsp3) is 0.613. The van der Waals surface area contributed by atoms with Crippen LogP contribution in [0.1, 0.15) is 69.5 Å². The van der Waals surface area contributed by atoms with Gasteiger partial charge in [0, 0.05) is 29.7 Å². The SMILES string of the molecule is CCCCC1(CCCC)CS(=O)(=O)c2ccc(N(C)C)cc2C(c2ccc(OCCOCCOCCI)cc2)N1. The lowest BCUT2D eigenvalue weighted by Gasteiger charge is -2.37. The summed E-state index contributed by atoms with van der Waals surface area (Å²) in [6, 6.07) is 13.5. The van der Waals surface area contributed by atoms with Gasteiger partial charge in [0.2, 0.25) is 0 Å². The second-order valence-electron chi connectivity index (χ2n) is 10.8. The number of sulfone groups is 1. The van der Waals surface area contributed by atoms with Crippen molar-refractivity contribution in [2.24, 2.45) is 0 Å². The molecule has 0 aromatic heterocycles. The van der Waals surface area contributed by atoms with Crippen molar-refractivity contribution in [1.29, 1.82) is 0 Å². The van der Waals surface area contributed by atoms with E-state index in [-0.39, 0.29) is 11.8 Å². The fourth-order valence-corrected chi connectivity index (χ4v) is 7.63. The third kappa shape index (κ3) is 9.31. The Morgan fingerprint density at radius 3 is 2.15 bits per heavy atom. The van der Waals surface area contributed by atoms with Crippen LogP contribution in [-0.4, -0.2) is 71.3 Å². The van der Waals surface area contributed by atoms with E-state index >= 15 is 0 Å². The maximum atomic E-state index is 13.9. The van der Waals surface area contributed by atoms with Crippen molar-refractivity contribution in [1.82, 2.24) is 5.32 Å². The topological polar surface area (TPSA) is 77.1 Å². The lowest BCUT2D eigenvalue weighted by atomic mass is 9.86. The minimum Gasteiger partial charge on any atom is -0.491 e. The first-order chi connectivity index (χ1) is 19.2. The Kier molecular flexibility index (Phi) is 13.5. The second kappa shape index (κ2) is 16.3. The normalized spacial score (nSPS) is 17.7. The Morgan fingerprint density at radius 1 is 0.925 bits per heavy atom. The van der Waals surface area contributed by atoms with Crippen LogP contribution in [-0.2, 0) is 19.3 Å². The van der Waals surface area contributed by atoms with E-state index in [0.29, 0.717) is 31.3 Å². The highest BCUT2D eigenvalue weighted by atomic mass is 127. The van der Waals surface area contributed by atoms with Crippen molar-refractivity contribution in [2.75, 3.05) is 62.2 Å². The van der Waals surface area contributed by atoms with E-state index in [4.69, 9.17) is 14.2 Å². The van der Waals surface area contributed by atoms with Crippen molar-refractivity contribution in [3.8, 4) is 5.75 Å². The first kappa shape index (κ1) is 33.1. The highest BCUT2D eigenvalue weighted by Gasteiger charge is 2.42. The average Bonchev–Trinajstić information content (AvgIpc) is 3.04. The number of fused-ring (bicyclic) bond motifs is 1. The van der Waals surface area contributed by atoms with E-state index in [1.54, 1.807) is 6.07 Å². The number of nitrogens with one attached hydrogen (secondary N) is 1. The van der Waals surface area contributed by atoms with Crippen LogP contribution < -0.4 is 15.0 Å². The molecule has 9 heteroatoms. The molecular weight excluding hydrogens is 639 g/mol. The zero-order valence-corrected chi connectivity index (χ0v) is 27.6. The lowest BCUT2D eigenvalue weighted by molar-refractivity contribution is 0.0417. The Hall–Kier alpha value is -1.40. The average molecular weight is 687 g/mol. The summed E-state index contributed by atoms with van der Waals surface area (Å²) in [5.74, 6) is 0.884. The summed E-state index contributed by atoms with van der Waals surface area (Å²) in [5, 5.41) is 3.92. The quantitative estimate of drug-likeness (QED) is 0.121. The zero-order chi connectivity index (χ0) is 29.0. The van der Waals surface area contributed by atoms with Gasteiger partial charge >= 0.3 is 0 Å². The van der Waals surface area contributed by atoms with Gasteiger partial charge in [-0.1, -0.05) is 74.3 Å². The molecule has 1 aliphatic rings. The Labute approximate surface area is 255 Å². The first-order valence-corrected chi connectivity index (χ1v) is 17.7. The molecule has 0 spiro atoms. The molecule has 0 radical (unpaired) electrons. The minimum absolute atomic E-state index is 0.120. The molecule has 3 rings (SSSR count). The van der Waals surface area contributed by atoms with Crippen LogP contribution in [0.25, 0.3) is 0 Å². The Morgan fingerprint density at radius 2 is 1.55 bits per heavy atom. The van der Waals surface area contributed by atoms with Gasteiger partial charge in [-0.15, -0.1) is 0 Å². The molecule has 2 aromatic carbocycles. The number of alkyl halides is 1. The molecule has 0 saturated heterocycles. The first-order valence-electron chi connectivity index (χ1n) is 14.5. The number of unbranched alkanes of at least 4 members (excludes halogenated alkanes) is 2. The molecule has 2 aromatic rings. The maximum Gasteiger partial charge on any atom is 0.180 e. The molecule has 0 saturated carbocycles. The molecular formula is C31H47IN2O5S. The molecule has 40 heavy (non-hydrogen) atoms. The monoisotopic (exact) mass is 686 g/mol. The summed E-state index contributed by atoms with van der Waals surface area (Å²) in [7, 11) is 0.472. The van der Waals surface area contributed by atoms with E-state index < -0.39 is 15.4 Å². The van der Waals surface area contributed by atoms with Crippen LogP contribution in [0.3, 0.4) is 0 Å². The number of benzene rings is 2. The highest BCUT2D eigenvalue weighted by Crippen LogP contribution is 2.40. The molecule has 1 unspecified atom stereocenters. The van der Waals surface area contributed by atoms with Crippen molar-refractivity contribution >= 4 is 38.1 Å². The number of halogens is 1. The number of hydrogen-bond donors (Lipinski definition) is 1. The van der Waals surface area contributed by atoms with Gasteiger partial charge < -0.3 is 19.1 Å². The van der Waals surface area contributed by atoms with Gasteiger partial charge in [0.15, 0.2) is 9.84 Å². The Balaban J connectivity index is 1.88. The second-order valence-corrected chi connectivity index (χ2v) is 13.8. The van der Waals surface area contributed by atoms with Gasteiger partial charge in [-0.25, -0.2) is 8.42 Å².